The predicted molar refractivity (Wildman–Crippen MR) is 65.0 cm³/mol. The fraction of sp³-hybridized carbons (Fsp3) is 0.455. The second kappa shape index (κ2) is 4.73. The Kier molecular flexibility index (Phi) is 3.99. The van der Waals surface area contributed by atoms with Crippen molar-refractivity contribution in [2.45, 2.75) is 25.2 Å². The molecule has 0 unspecified atom stereocenters. The molecule has 0 saturated carbocycles. The van der Waals surface area contributed by atoms with Gasteiger partial charge in [0.2, 0.25) is 9.05 Å². The number of ether oxygens (including phenoxy) is 1. The highest BCUT2D eigenvalue weighted by Gasteiger charge is 2.19. The van der Waals surface area contributed by atoms with Crippen molar-refractivity contribution in [1.29, 1.82) is 0 Å². The van der Waals surface area contributed by atoms with Crippen molar-refractivity contribution in [3.8, 4) is 0 Å². The maximum absolute atomic E-state index is 10.9. The van der Waals surface area contributed by atoms with Crippen molar-refractivity contribution in [3.63, 3.8) is 0 Å². The van der Waals surface area contributed by atoms with E-state index in [0.717, 1.165) is 5.56 Å². The molecule has 0 amide bonds. The van der Waals surface area contributed by atoms with Crippen LogP contribution in [0, 0.1) is 0 Å². The van der Waals surface area contributed by atoms with E-state index in [1.807, 2.05) is 26.0 Å². The summed E-state index contributed by atoms with van der Waals surface area (Å²) in [7, 11) is 3.32. The Hall–Kier alpha value is -0.580. The zero-order valence-electron chi connectivity index (χ0n) is 9.53. The first kappa shape index (κ1) is 13.5. The van der Waals surface area contributed by atoms with Crippen LogP contribution in [0.4, 0.5) is 0 Å². The molecule has 0 aliphatic carbocycles. The maximum Gasteiger partial charge on any atom is 0.236 e. The number of rotatable bonds is 4. The van der Waals surface area contributed by atoms with E-state index < -0.39 is 9.05 Å². The van der Waals surface area contributed by atoms with Gasteiger partial charge in [-0.15, -0.1) is 0 Å². The Labute approximate surface area is 101 Å². The summed E-state index contributed by atoms with van der Waals surface area (Å²) in [6.45, 7) is 3.89. The van der Waals surface area contributed by atoms with Crippen molar-refractivity contribution in [2.24, 2.45) is 0 Å². The highest BCUT2D eigenvalue weighted by atomic mass is 35.7. The molecule has 1 aromatic carbocycles. The largest absolute Gasteiger partial charge is 0.374 e. The first-order valence-corrected chi connectivity index (χ1v) is 7.29. The summed E-state index contributed by atoms with van der Waals surface area (Å²) in [6.07, 6.45) is 0. The lowest BCUT2D eigenvalue weighted by molar-refractivity contribution is 0.0192. The Morgan fingerprint density at radius 1 is 1.25 bits per heavy atom. The average Bonchev–Trinajstić information content (AvgIpc) is 2.16. The monoisotopic (exact) mass is 262 g/mol. The molecule has 0 radical (unpaired) electrons. The lowest BCUT2D eigenvalue weighted by Gasteiger charge is -2.23. The number of methoxy groups -OCH3 is 1. The molecule has 0 aliphatic heterocycles. The van der Waals surface area contributed by atoms with Gasteiger partial charge in [-0.05, 0) is 25.0 Å². The van der Waals surface area contributed by atoms with Crippen molar-refractivity contribution < 1.29 is 13.2 Å². The summed E-state index contributed by atoms with van der Waals surface area (Å²) in [4.78, 5) is 0. The number of hydrogen-bond acceptors (Lipinski definition) is 3. The van der Waals surface area contributed by atoms with Crippen LogP contribution in [-0.4, -0.2) is 15.5 Å². The summed E-state index contributed by atoms with van der Waals surface area (Å²) in [5, 5.41) is 0. The predicted octanol–water partition coefficient (Wildman–Crippen LogP) is 2.64. The van der Waals surface area contributed by atoms with Gasteiger partial charge < -0.3 is 4.74 Å². The van der Waals surface area contributed by atoms with Gasteiger partial charge in [-0.3, -0.25) is 0 Å². The lowest BCUT2D eigenvalue weighted by Crippen LogP contribution is -2.19. The second-order valence-electron chi connectivity index (χ2n) is 4.09. The smallest absolute Gasteiger partial charge is 0.236 e. The zero-order valence-corrected chi connectivity index (χ0v) is 11.1. The SMILES string of the molecule is COC(C)(C)c1ccc(CS(=O)(=O)Cl)cc1. The van der Waals surface area contributed by atoms with E-state index in [-0.39, 0.29) is 11.4 Å². The van der Waals surface area contributed by atoms with Crippen LogP contribution >= 0.6 is 10.7 Å². The molecule has 3 nitrogen and oxygen atoms in total. The van der Waals surface area contributed by atoms with Crippen LogP contribution < -0.4 is 0 Å². The standard InChI is InChI=1S/C11H15ClO3S/c1-11(2,15-3)10-6-4-9(5-7-10)8-16(12,13)14/h4-7H,8H2,1-3H3. The molecule has 0 aliphatic rings. The average molecular weight is 263 g/mol. The minimum Gasteiger partial charge on any atom is -0.374 e. The summed E-state index contributed by atoms with van der Waals surface area (Å²) in [5.41, 5.74) is 1.29. The van der Waals surface area contributed by atoms with E-state index in [1.165, 1.54) is 0 Å². The molecule has 0 saturated heterocycles. The topological polar surface area (TPSA) is 43.4 Å². The fourth-order valence-corrected chi connectivity index (χ4v) is 2.29. The molecule has 1 aromatic rings. The first-order chi connectivity index (χ1) is 7.24. The molecule has 1 rings (SSSR count). The Balaban J connectivity index is 2.92. The van der Waals surface area contributed by atoms with Gasteiger partial charge in [-0.25, -0.2) is 8.42 Å². The van der Waals surface area contributed by atoms with Crippen LogP contribution in [0.15, 0.2) is 24.3 Å². The van der Waals surface area contributed by atoms with Crippen LogP contribution in [0.5, 0.6) is 0 Å². The van der Waals surface area contributed by atoms with Gasteiger partial charge in [-0.2, -0.15) is 0 Å². The molecule has 0 spiro atoms. The molecule has 5 heteroatoms. The minimum atomic E-state index is -3.49. The molecule has 0 fully saturated rings. The highest BCUT2D eigenvalue weighted by Crippen LogP contribution is 2.24. The number of hydrogen-bond donors (Lipinski definition) is 0. The third kappa shape index (κ3) is 3.77. The number of benzene rings is 1. The summed E-state index contributed by atoms with van der Waals surface area (Å²) >= 11 is 0. The third-order valence-electron chi connectivity index (χ3n) is 2.50. The Bertz CT molecular complexity index is 449. The van der Waals surface area contributed by atoms with E-state index in [4.69, 9.17) is 15.4 Å². The van der Waals surface area contributed by atoms with Gasteiger partial charge in [0, 0.05) is 17.8 Å². The Morgan fingerprint density at radius 3 is 2.12 bits per heavy atom. The molecular formula is C11H15ClO3S. The second-order valence-corrected chi connectivity index (χ2v) is 6.87. The molecule has 0 heterocycles. The third-order valence-corrected chi connectivity index (χ3v) is 3.50. The normalized spacial score (nSPS) is 12.8. The first-order valence-electron chi connectivity index (χ1n) is 4.81. The van der Waals surface area contributed by atoms with Crippen molar-refractivity contribution >= 4 is 19.7 Å². The van der Waals surface area contributed by atoms with Gasteiger partial charge >= 0.3 is 0 Å². The van der Waals surface area contributed by atoms with Crippen LogP contribution in [0.2, 0.25) is 0 Å². The van der Waals surface area contributed by atoms with Crippen molar-refractivity contribution in [1.82, 2.24) is 0 Å². The summed E-state index contributed by atoms with van der Waals surface area (Å²) in [5.74, 6) is -0.151. The van der Waals surface area contributed by atoms with E-state index in [2.05, 4.69) is 0 Å². The van der Waals surface area contributed by atoms with Gasteiger partial charge in [0.25, 0.3) is 0 Å². The van der Waals surface area contributed by atoms with Gasteiger partial charge in [0.1, 0.15) is 0 Å². The van der Waals surface area contributed by atoms with Gasteiger partial charge in [0.05, 0.1) is 11.4 Å². The molecule has 16 heavy (non-hydrogen) atoms. The minimum absolute atomic E-state index is 0.151. The van der Waals surface area contributed by atoms with E-state index >= 15 is 0 Å². The maximum atomic E-state index is 10.9. The summed E-state index contributed by atoms with van der Waals surface area (Å²) < 4.78 is 27.1. The van der Waals surface area contributed by atoms with Crippen LogP contribution in [-0.2, 0) is 25.1 Å². The van der Waals surface area contributed by atoms with Gasteiger partial charge in [0.15, 0.2) is 0 Å². The molecule has 90 valence electrons. The van der Waals surface area contributed by atoms with Crippen LogP contribution in [0.1, 0.15) is 25.0 Å². The van der Waals surface area contributed by atoms with Crippen LogP contribution in [0.25, 0.3) is 0 Å². The molecule has 0 atom stereocenters. The van der Waals surface area contributed by atoms with E-state index in [9.17, 15) is 8.42 Å². The Morgan fingerprint density at radius 2 is 1.75 bits per heavy atom. The van der Waals surface area contributed by atoms with Crippen LogP contribution in [0.3, 0.4) is 0 Å². The highest BCUT2D eigenvalue weighted by molar-refractivity contribution is 8.13. The summed E-state index contributed by atoms with van der Waals surface area (Å²) in [6, 6.07) is 7.19. The quantitative estimate of drug-likeness (QED) is 0.784. The lowest BCUT2D eigenvalue weighted by atomic mass is 9.97. The molecule has 0 aromatic heterocycles. The zero-order chi connectivity index (χ0) is 12.4. The molecule has 0 bridgehead atoms. The fourth-order valence-electron chi connectivity index (χ4n) is 1.32. The molecule has 0 N–H and O–H groups in total. The van der Waals surface area contributed by atoms with E-state index in [0.29, 0.717) is 5.56 Å². The molecular weight excluding hydrogens is 248 g/mol. The number of halogens is 1. The van der Waals surface area contributed by atoms with Crippen molar-refractivity contribution in [3.05, 3.63) is 35.4 Å². The van der Waals surface area contributed by atoms with E-state index in [1.54, 1.807) is 19.2 Å². The van der Waals surface area contributed by atoms with Crippen molar-refractivity contribution in [2.75, 3.05) is 7.11 Å². The van der Waals surface area contributed by atoms with Gasteiger partial charge in [-0.1, -0.05) is 24.3 Å².